The van der Waals surface area contributed by atoms with E-state index in [1.54, 1.807) is 12.1 Å². The molecule has 57 valence electrons. The zero-order chi connectivity index (χ0) is 9.14. The van der Waals surface area contributed by atoms with Gasteiger partial charge in [0.25, 0.3) is 0 Å². The van der Waals surface area contributed by atoms with Gasteiger partial charge in [-0.15, -0.1) is 0 Å². The number of hydrogen-bond donors (Lipinski definition) is 2. The summed E-state index contributed by atoms with van der Waals surface area (Å²) in [5.41, 5.74) is -0.214. The molecule has 0 aromatic heterocycles. The van der Waals surface area contributed by atoms with Crippen molar-refractivity contribution in [3.05, 3.63) is 23.3 Å². The zero-order valence-electron chi connectivity index (χ0n) is 5.87. The Bertz CT molecular complexity index is 399. The first kappa shape index (κ1) is 7.90. The molecule has 0 unspecified atom stereocenters. The molecule has 0 aliphatic heterocycles. The maximum atomic E-state index is 9.00. The van der Waals surface area contributed by atoms with Crippen molar-refractivity contribution in [2.75, 3.05) is 0 Å². The molecular weight excluding hydrogens is 156 g/mol. The fourth-order valence-electron chi connectivity index (χ4n) is 0.704. The molecule has 12 heavy (non-hydrogen) atoms. The Balaban J connectivity index is 3.44. The molecule has 2 N–H and O–H groups in total. The molecule has 0 bridgehead atoms. The van der Waals surface area contributed by atoms with Crippen LogP contribution in [0, 0.1) is 28.7 Å². The minimum absolute atomic E-state index is 0.0156. The molecule has 4 nitrogen and oxygen atoms in total. The Morgan fingerprint density at radius 1 is 1.25 bits per heavy atom. The van der Waals surface area contributed by atoms with E-state index in [0.717, 1.165) is 6.07 Å². The van der Waals surface area contributed by atoms with Crippen molar-refractivity contribution < 1.29 is 10.2 Å². The molecule has 0 aliphatic carbocycles. The highest BCUT2D eigenvalue weighted by molar-refractivity contribution is 5.54. The minimum Gasteiger partial charge on any atom is -0.504 e. The van der Waals surface area contributed by atoms with Gasteiger partial charge >= 0.3 is 0 Å². The molecule has 0 aliphatic rings. The van der Waals surface area contributed by atoms with E-state index < -0.39 is 11.5 Å². The van der Waals surface area contributed by atoms with Crippen molar-refractivity contribution in [3.8, 4) is 23.6 Å². The monoisotopic (exact) mass is 159 g/mol. The highest BCUT2D eigenvalue weighted by atomic mass is 16.3. The third-order valence-electron chi connectivity index (χ3n) is 1.25. The number of nitriles is 2. The van der Waals surface area contributed by atoms with E-state index in [-0.39, 0.29) is 11.1 Å². The van der Waals surface area contributed by atoms with Crippen molar-refractivity contribution in [2.24, 2.45) is 0 Å². The van der Waals surface area contributed by atoms with E-state index in [0.29, 0.717) is 0 Å². The van der Waals surface area contributed by atoms with Gasteiger partial charge < -0.3 is 10.2 Å². The highest BCUT2D eigenvalue weighted by Gasteiger charge is 2.08. The third kappa shape index (κ3) is 1.14. The van der Waals surface area contributed by atoms with Gasteiger partial charge in [-0.3, -0.25) is 0 Å². The molecule has 1 rings (SSSR count). The van der Waals surface area contributed by atoms with Gasteiger partial charge in [0.2, 0.25) is 0 Å². The molecular formula is C8H3N2O2. The molecule has 4 heteroatoms. The summed E-state index contributed by atoms with van der Waals surface area (Å²) in [5.74, 6) is -1.03. The molecule has 0 heterocycles. The van der Waals surface area contributed by atoms with Crippen LogP contribution in [0.25, 0.3) is 0 Å². The Hall–Kier alpha value is -2.20. The first-order valence-corrected chi connectivity index (χ1v) is 2.97. The summed E-state index contributed by atoms with van der Waals surface area (Å²) in [6, 6.07) is 6.64. The number of rotatable bonds is 0. The largest absolute Gasteiger partial charge is 0.504 e. The maximum absolute atomic E-state index is 9.00. The van der Waals surface area contributed by atoms with E-state index in [2.05, 4.69) is 6.07 Å². The number of phenolic OH excluding ortho intramolecular Hbond substituents is 2. The molecule has 1 aromatic rings. The summed E-state index contributed by atoms with van der Waals surface area (Å²) in [7, 11) is 0. The third-order valence-corrected chi connectivity index (χ3v) is 1.25. The molecule has 0 spiro atoms. The van der Waals surface area contributed by atoms with E-state index in [1.165, 1.54) is 0 Å². The lowest BCUT2D eigenvalue weighted by Gasteiger charge is -1.98. The number of nitrogens with zero attached hydrogens (tertiary/aromatic N) is 2. The van der Waals surface area contributed by atoms with Crippen molar-refractivity contribution in [3.63, 3.8) is 0 Å². The van der Waals surface area contributed by atoms with E-state index in [1.807, 2.05) is 0 Å². The maximum Gasteiger partial charge on any atom is 0.176 e. The molecule has 0 saturated heterocycles. The van der Waals surface area contributed by atoms with Crippen LogP contribution < -0.4 is 0 Å². The summed E-state index contributed by atoms with van der Waals surface area (Å²) in [5, 5.41) is 34.8. The van der Waals surface area contributed by atoms with E-state index in [4.69, 9.17) is 20.7 Å². The molecule has 1 aromatic carbocycles. The van der Waals surface area contributed by atoms with Gasteiger partial charge in [0, 0.05) is 12.1 Å². The summed E-state index contributed by atoms with van der Waals surface area (Å²) in [6.07, 6.45) is 0. The second-order valence-electron chi connectivity index (χ2n) is 2.02. The van der Waals surface area contributed by atoms with E-state index in [9.17, 15) is 0 Å². The minimum atomic E-state index is -0.545. The Labute approximate surface area is 68.5 Å². The van der Waals surface area contributed by atoms with Crippen LogP contribution in [0.2, 0.25) is 0 Å². The molecule has 0 amide bonds. The molecule has 0 saturated carbocycles. The predicted molar refractivity (Wildman–Crippen MR) is 38.0 cm³/mol. The second-order valence-corrected chi connectivity index (χ2v) is 2.02. The summed E-state index contributed by atoms with van der Waals surface area (Å²) >= 11 is 0. The fraction of sp³-hybridized carbons (Fsp3) is 0. The van der Waals surface area contributed by atoms with E-state index >= 15 is 0 Å². The van der Waals surface area contributed by atoms with Gasteiger partial charge in [-0.05, 0) is 0 Å². The van der Waals surface area contributed by atoms with Crippen LogP contribution in [0.5, 0.6) is 11.5 Å². The van der Waals surface area contributed by atoms with Crippen LogP contribution in [-0.2, 0) is 0 Å². The van der Waals surface area contributed by atoms with Crippen LogP contribution in [0.1, 0.15) is 11.1 Å². The summed E-state index contributed by atoms with van der Waals surface area (Å²) in [6.45, 7) is 0. The number of hydrogen-bond acceptors (Lipinski definition) is 4. The van der Waals surface area contributed by atoms with Crippen molar-refractivity contribution in [1.82, 2.24) is 0 Å². The SMILES string of the molecule is N#Cc1[c]c(C#N)c(O)c(O)c1. The van der Waals surface area contributed by atoms with Gasteiger partial charge in [-0.25, -0.2) is 0 Å². The average Bonchev–Trinajstić information content (AvgIpc) is 2.09. The first-order valence-electron chi connectivity index (χ1n) is 2.97. The zero-order valence-corrected chi connectivity index (χ0v) is 5.87. The summed E-state index contributed by atoms with van der Waals surface area (Å²) in [4.78, 5) is 0. The first-order chi connectivity index (χ1) is 5.69. The quantitative estimate of drug-likeness (QED) is 0.543. The Morgan fingerprint density at radius 2 is 1.92 bits per heavy atom. The normalized spacial score (nSPS) is 8.50. The smallest absolute Gasteiger partial charge is 0.176 e. The Morgan fingerprint density at radius 3 is 2.42 bits per heavy atom. The average molecular weight is 159 g/mol. The summed E-state index contributed by atoms with van der Waals surface area (Å²) < 4.78 is 0. The lowest BCUT2D eigenvalue weighted by molar-refractivity contribution is 0.402. The van der Waals surface area contributed by atoms with Crippen molar-refractivity contribution in [2.45, 2.75) is 0 Å². The lowest BCUT2D eigenvalue weighted by atomic mass is 10.1. The molecule has 0 fully saturated rings. The number of aromatic hydroxyl groups is 2. The number of benzene rings is 1. The van der Waals surface area contributed by atoms with Gasteiger partial charge in [-0.1, -0.05) is 0 Å². The number of phenols is 2. The van der Waals surface area contributed by atoms with Crippen LogP contribution >= 0.6 is 0 Å². The lowest BCUT2D eigenvalue weighted by Crippen LogP contribution is -1.81. The van der Waals surface area contributed by atoms with Gasteiger partial charge in [0.15, 0.2) is 11.5 Å². The topological polar surface area (TPSA) is 88.0 Å². The second kappa shape index (κ2) is 2.81. The fourth-order valence-corrected chi connectivity index (χ4v) is 0.704. The van der Waals surface area contributed by atoms with Gasteiger partial charge in [-0.2, -0.15) is 10.5 Å². The molecule has 0 atom stereocenters. The van der Waals surface area contributed by atoms with Crippen LogP contribution in [0.3, 0.4) is 0 Å². The van der Waals surface area contributed by atoms with Crippen LogP contribution in [-0.4, -0.2) is 10.2 Å². The predicted octanol–water partition coefficient (Wildman–Crippen LogP) is 0.641. The van der Waals surface area contributed by atoms with Crippen LogP contribution in [0.4, 0.5) is 0 Å². The van der Waals surface area contributed by atoms with Gasteiger partial charge in [0.05, 0.1) is 11.6 Å². The van der Waals surface area contributed by atoms with Gasteiger partial charge in [0.1, 0.15) is 11.6 Å². The standard InChI is InChI=1S/C8H3N2O2/c9-3-5-1-6(4-10)8(12)7(11)2-5/h2,11-12H. The highest BCUT2D eigenvalue weighted by Crippen LogP contribution is 2.28. The Kier molecular flexibility index (Phi) is 1.85. The van der Waals surface area contributed by atoms with Crippen LogP contribution in [0.15, 0.2) is 6.07 Å². The molecule has 1 radical (unpaired) electrons. The van der Waals surface area contributed by atoms with Crippen molar-refractivity contribution in [1.29, 1.82) is 10.5 Å². The van der Waals surface area contributed by atoms with Crippen molar-refractivity contribution >= 4 is 0 Å².